The van der Waals surface area contributed by atoms with Crippen molar-refractivity contribution in [3.63, 3.8) is 0 Å². The number of aryl methyl sites for hydroxylation is 1. The Kier molecular flexibility index (Phi) is 11.8. The fraction of sp³-hybridized carbons (Fsp3) is 0.667. The summed E-state index contributed by atoms with van der Waals surface area (Å²) < 4.78 is 43.1. The molecule has 1 aliphatic heterocycles. The lowest BCUT2D eigenvalue weighted by molar-refractivity contribution is -0.148. The number of rotatable bonds is 8. The highest BCUT2D eigenvalue weighted by atomic mass is 127. The van der Waals surface area contributed by atoms with Crippen molar-refractivity contribution in [2.75, 3.05) is 39.8 Å². The maximum absolute atomic E-state index is 12.5. The Labute approximate surface area is 194 Å². The molecule has 1 aromatic carbocycles. The van der Waals surface area contributed by atoms with Crippen molar-refractivity contribution in [3.8, 4) is 5.75 Å². The zero-order valence-electron chi connectivity index (χ0n) is 18.0. The third kappa shape index (κ3) is 9.72. The summed E-state index contributed by atoms with van der Waals surface area (Å²) in [5, 5.41) is 6.60. The van der Waals surface area contributed by atoms with E-state index in [0.29, 0.717) is 38.1 Å². The number of nitrogens with one attached hydrogen (secondary N) is 2. The molecule has 2 N–H and O–H groups in total. The minimum absolute atomic E-state index is 0. The number of guanidine groups is 1. The van der Waals surface area contributed by atoms with Gasteiger partial charge in [-0.1, -0.05) is 12.1 Å². The Hall–Kier alpha value is -1.23. The third-order valence-electron chi connectivity index (χ3n) is 5.15. The summed E-state index contributed by atoms with van der Waals surface area (Å²) in [5.74, 6) is 2.04. The van der Waals surface area contributed by atoms with Crippen molar-refractivity contribution >= 4 is 29.9 Å². The Morgan fingerprint density at radius 2 is 1.93 bits per heavy atom. The van der Waals surface area contributed by atoms with E-state index in [2.05, 4.69) is 27.8 Å². The first-order valence-electron chi connectivity index (χ1n) is 10.3. The van der Waals surface area contributed by atoms with Crippen molar-refractivity contribution < 1.29 is 17.9 Å². The number of ether oxygens (including phenoxy) is 1. The summed E-state index contributed by atoms with van der Waals surface area (Å²) in [5.41, 5.74) is 2.22. The van der Waals surface area contributed by atoms with Gasteiger partial charge in [0.2, 0.25) is 0 Å². The summed E-state index contributed by atoms with van der Waals surface area (Å²) >= 11 is 0. The van der Waals surface area contributed by atoms with E-state index < -0.39 is 12.7 Å². The molecule has 0 bridgehead atoms. The average Bonchev–Trinajstić information content (AvgIpc) is 2.66. The molecule has 0 saturated carbocycles. The maximum Gasteiger partial charge on any atom is 0.401 e. The van der Waals surface area contributed by atoms with E-state index in [1.54, 1.807) is 7.05 Å². The summed E-state index contributed by atoms with van der Waals surface area (Å²) in [6, 6.07) is 6.14. The first-order chi connectivity index (χ1) is 13.8. The van der Waals surface area contributed by atoms with Gasteiger partial charge in [-0.2, -0.15) is 13.2 Å². The first-order valence-corrected chi connectivity index (χ1v) is 10.3. The minimum Gasteiger partial charge on any atom is -0.494 e. The summed E-state index contributed by atoms with van der Waals surface area (Å²) in [4.78, 5) is 5.75. The molecule has 30 heavy (non-hydrogen) atoms. The molecule has 0 aromatic heterocycles. The van der Waals surface area contributed by atoms with Gasteiger partial charge in [0.25, 0.3) is 0 Å². The van der Waals surface area contributed by atoms with Crippen LogP contribution in [0.2, 0.25) is 0 Å². The SMILES string of the molecule is CCOc1cc(C)ccc1CNC(=NC)NCCC1CCN(CC(F)(F)F)CC1.I. The Morgan fingerprint density at radius 1 is 1.23 bits per heavy atom. The normalized spacial score (nSPS) is 16.1. The van der Waals surface area contributed by atoms with E-state index in [9.17, 15) is 13.2 Å². The molecule has 9 heteroatoms. The molecule has 0 aliphatic carbocycles. The summed E-state index contributed by atoms with van der Waals surface area (Å²) in [6.45, 7) is 6.21. The number of hydrogen-bond donors (Lipinski definition) is 2. The zero-order chi connectivity index (χ0) is 21.3. The van der Waals surface area contributed by atoms with Gasteiger partial charge in [0.05, 0.1) is 13.2 Å². The van der Waals surface area contributed by atoms with Gasteiger partial charge < -0.3 is 15.4 Å². The summed E-state index contributed by atoms with van der Waals surface area (Å²) in [7, 11) is 1.73. The highest BCUT2D eigenvalue weighted by Gasteiger charge is 2.32. The molecule has 0 unspecified atom stereocenters. The average molecular weight is 542 g/mol. The van der Waals surface area contributed by atoms with E-state index in [4.69, 9.17) is 4.74 Å². The number of nitrogens with zero attached hydrogens (tertiary/aromatic N) is 2. The Balaban J connectivity index is 0.00000450. The topological polar surface area (TPSA) is 48.9 Å². The zero-order valence-corrected chi connectivity index (χ0v) is 20.3. The van der Waals surface area contributed by atoms with Gasteiger partial charge in [0.1, 0.15) is 5.75 Å². The molecule has 0 atom stereocenters. The van der Waals surface area contributed by atoms with Gasteiger partial charge in [-0.3, -0.25) is 9.89 Å². The fourth-order valence-corrected chi connectivity index (χ4v) is 3.58. The first kappa shape index (κ1) is 26.8. The molecule has 1 heterocycles. The minimum atomic E-state index is -4.11. The van der Waals surface area contributed by atoms with Crippen LogP contribution in [0.3, 0.4) is 0 Å². The lowest BCUT2D eigenvalue weighted by atomic mass is 9.93. The van der Waals surface area contributed by atoms with Crippen LogP contribution in [0.25, 0.3) is 0 Å². The maximum atomic E-state index is 12.5. The van der Waals surface area contributed by atoms with E-state index in [-0.39, 0.29) is 24.0 Å². The highest BCUT2D eigenvalue weighted by Crippen LogP contribution is 2.24. The molecule has 172 valence electrons. The fourth-order valence-electron chi connectivity index (χ4n) is 3.58. The van der Waals surface area contributed by atoms with Crippen LogP contribution in [-0.2, 0) is 6.54 Å². The molecular weight excluding hydrogens is 508 g/mol. The van der Waals surface area contributed by atoms with Crippen molar-refractivity contribution in [1.29, 1.82) is 0 Å². The van der Waals surface area contributed by atoms with Crippen molar-refractivity contribution in [3.05, 3.63) is 29.3 Å². The Bertz CT molecular complexity index is 662. The summed E-state index contributed by atoms with van der Waals surface area (Å²) in [6.07, 6.45) is -1.56. The number of alkyl halides is 3. The van der Waals surface area contributed by atoms with E-state index >= 15 is 0 Å². The quantitative estimate of drug-likeness (QED) is 0.292. The van der Waals surface area contributed by atoms with E-state index in [1.165, 1.54) is 4.90 Å². The molecule has 0 radical (unpaired) electrons. The van der Waals surface area contributed by atoms with Gasteiger partial charge in [0.15, 0.2) is 5.96 Å². The van der Waals surface area contributed by atoms with Crippen LogP contribution in [0.1, 0.15) is 37.3 Å². The van der Waals surface area contributed by atoms with Crippen molar-refractivity contribution in [2.45, 2.75) is 45.8 Å². The predicted molar refractivity (Wildman–Crippen MR) is 126 cm³/mol. The van der Waals surface area contributed by atoms with Crippen LogP contribution < -0.4 is 15.4 Å². The second kappa shape index (κ2) is 13.2. The monoisotopic (exact) mass is 542 g/mol. The third-order valence-corrected chi connectivity index (χ3v) is 5.15. The predicted octanol–water partition coefficient (Wildman–Crippen LogP) is 4.34. The largest absolute Gasteiger partial charge is 0.494 e. The van der Waals surface area contributed by atoms with Crippen LogP contribution in [0.4, 0.5) is 13.2 Å². The van der Waals surface area contributed by atoms with Gasteiger partial charge in [-0.25, -0.2) is 0 Å². The molecule has 0 spiro atoms. The lowest BCUT2D eigenvalue weighted by Crippen LogP contribution is -2.41. The molecular formula is C21H34F3IN4O. The Morgan fingerprint density at radius 3 is 2.53 bits per heavy atom. The molecule has 1 aromatic rings. The second-order valence-electron chi connectivity index (χ2n) is 7.52. The van der Waals surface area contributed by atoms with E-state index in [1.807, 2.05) is 19.9 Å². The smallest absolute Gasteiger partial charge is 0.401 e. The number of aliphatic imine (C=N–C) groups is 1. The molecule has 1 saturated heterocycles. The number of benzene rings is 1. The van der Waals surface area contributed by atoms with Crippen LogP contribution in [0.15, 0.2) is 23.2 Å². The molecule has 1 aliphatic rings. The van der Waals surface area contributed by atoms with Gasteiger partial charge in [-0.15, -0.1) is 24.0 Å². The number of halogens is 4. The van der Waals surface area contributed by atoms with Crippen LogP contribution >= 0.6 is 24.0 Å². The highest BCUT2D eigenvalue weighted by molar-refractivity contribution is 14.0. The number of hydrogen-bond acceptors (Lipinski definition) is 3. The molecule has 5 nitrogen and oxygen atoms in total. The van der Waals surface area contributed by atoms with E-state index in [0.717, 1.165) is 42.7 Å². The molecule has 2 rings (SSSR count). The second-order valence-corrected chi connectivity index (χ2v) is 7.52. The molecule has 0 amide bonds. The van der Waals surface area contributed by atoms with Crippen molar-refractivity contribution in [2.24, 2.45) is 10.9 Å². The van der Waals surface area contributed by atoms with Crippen LogP contribution in [-0.4, -0.2) is 56.9 Å². The van der Waals surface area contributed by atoms with Crippen LogP contribution in [0.5, 0.6) is 5.75 Å². The van der Waals surface area contributed by atoms with Gasteiger partial charge in [-0.05, 0) is 63.7 Å². The number of piperidine rings is 1. The van der Waals surface area contributed by atoms with Gasteiger partial charge in [0, 0.05) is 25.7 Å². The molecule has 1 fully saturated rings. The standard InChI is InChI=1S/C21H33F3N4O.HI/c1-4-29-19-13-16(2)5-6-18(19)14-27-20(25-3)26-10-7-17-8-11-28(12-9-17)15-21(22,23)24;/h5-6,13,17H,4,7-12,14-15H2,1-3H3,(H2,25,26,27);1H. The number of likely N-dealkylation sites (tertiary alicyclic amines) is 1. The van der Waals surface area contributed by atoms with Gasteiger partial charge >= 0.3 is 6.18 Å². The lowest BCUT2D eigenvalue weighted by Gasteiger charge is -2.32. The van der Waals surface area contributed by atoms with Crippen LogP contribution in [0, 0.1) is 12.8 Å². The van der Waals surface area contributed by atoms with Crippen molar-refractivity contribution in [1.82, 2.24) is 15.5 Å².